The van der Waals surface area contributed by atoms with Gasteiger partial charge in [0.1, 0.15) is 5.82 Å². The van der Waals surface area contributed by atoms with Crippen LogP contribution in [0.2, 0.25) is 0 Å². The summed E-state index contributed by atoms with van der Waals surface area (Å²) in [6.07, 6.45) is 6.05. The van der Waals surface area contributed by atoms with Crippen LogP contribution in [0.5, 0.6) is 0 Å². The summed E-state index contributed by atoms with van der Waals surface area (Å²) in [4.78, 5) is 9.41. The molecule has 2 aliphatic heterocycles. The van der Waals surface area contributed by atoms with Gasteiger partial charge in [-0.05, 0) is 44.7 Å². The van der Waals surface area contributed by atoms with Crippen molar-refractivity contribution in [3.05, 3.63) is 23.9 Å². The molecule has 1 aromatic heterocycles. The maximum atomic E-state index is 4.62. The fourth-order valence-corrected chi connectivity index (χ4v) is 3.40. The van der Waals surface area contributed by atoms with Crippen LogP contribution in [-0.2, 0) is 6.54 Å². The maximum absolute atomic E-state index is 4.62. The van der Waals surface area contributed by atoms with E-state index in [1.54, 1.807) is 0 Å². The second-order valence-corrected chi connectivity index (χ2v) is 6.89. The van der Waals surface area contributed by atoms with Crippen LogP contribution in [0.3, 0.4) is 0 Å². The Bertz CT molecular complexity index is 462. The van der Waals surface area contributed by atoms with Crippen LogP contribution in [0.25, 0.3) is 0 Å². The molecule has 1 aromatic rings. The van der Waals surface area contributed by atoms with Crippen molar-refractivity contribution in [2.24, 2.45) is 0 Å². The van der Waals surface area contributed by atoms with E-state index >= 15 is 0 Å². The third-order valence-corrected chi connectivity index (χ3v) is 4.96. The van der Waals surface area contributed by atoms with Gasteiger partial charge >= 0.3 is 0 Å². The fourth-order valence-electron chi connectivity index (χ4n) is 3.40. The summed E-state index contributed by atoms with van der Waals surface area (Å²) in [5, 5.41) is 3.74. The number of fused-ring (bicyclic) bond motifs is 2. The first-order valence-electron chi connectivity index (χ1n) is 8.28. The summed E-state index contributed by atoms with van der Waals surface area (Å²) >= 11 is 0. The predicted octanol–water partition coefficient (Wildman–Crippen LogP) is 2.67. The summed E-state index contributed by atoms with van der Waals surface area (Å²) in [5.74, 6) is 1.06. The molecular formula is C17H29ClN4. The lowest BCUT2D eigenvalue weighted by molar-refractivity contribution is 0.250. The first-order valence-corrected chi connectivity index (χ1v) is 8.28. The second kappa shape index (κ2) is 7.62. The quantitative estimate of drug-likeness (QED) is 0.922. The van der Waals surface area contributed by atoms with Crippen LogP contribution in [0.15, 0.2) is 18.3 Å². The van der Waals surface area contributed by atoms with Crippen LogP contribution in [0.4, 0.5) is 5.82 Å². The Hall–Kier alpha value is -0.840. The number of rotatable bonds is 4. The Kier molecular flexibility index (Phi) is 6.07. The van der Waals surface area contributed by atoms with Gasteiger partial charge in [-0.2, -0.15) is 0 Å². The summed E-state index contributed by atoms with van der Waals surface area (Å²) in [6.45, 7) is 7.80. The van der Waals surface area contributed by atoms with E-state index in [2.05, 4.69) is 53.1 Å². The molecule has 0 amide bonds. The van der Waals surface area contributed by atoms with Gasteiger partial charge in [0.05, 0.1) is 0 Å². The minimum atomic E-state index is 0. The molecule has 4 nitrogen and oxygen atoms in total. The molecule has 2 bridgehead atoms. The van der Waals surface area contributed by atoms with Gasteiger partial charge in [-0.3, -0.25) is 4.90 Å². The van der Waals surface area contributed by atoms with Crippen molar-refractivity contribution >= 4 is 18.2 Å². The third kappa shape index (κ3) is 4.12. The topological polar surface area (TPSA) is 31.4 Å². The molecule has 2 fully saturated rings. The molecule has 2 saturated heterocycles. The molecule has 0 radical (unpaired) electrons. The Morgan fingerprint density at radius 1 is 1.27 bits per heavy atom. The smallest absolute Gasteiger partial charge is 0.128 e. The van der Waals surface area contributed by atoms with E-state index in [1.165, 1.54) is 37.9 Å². The molecule has 3 heterocycles. The first kappa shape index (κ1) is 17.5. The van der Waals surface area contributed by atoms with E-state index in [4.69, 9.17) is 0 Å². The monoisotopic (exact) mass is 324 g/mol. The molecular weight excluding hydrogens is 296 g/mol. The summed E-state index contributed by atoms with van der Waals surface area (Å²) in [5.41, 5.74) is 1.33. The van der Waals surface area contributed by atoms with Gasteiger partial charge in [-0.25, -0.2) is 4.98 Å². The number of nitrogens with one attached hydrogen (secondary N) is 1. The van der Waals surface area contributed by atoms with Gasteiger partial charge in [-0.15, -0.1) is 12.4 Å². The molecule has 22 heavy (non-hydrogen) atoms. The lowest BCUT2D eigenvalue weighted by atomic mass is 10.1. The highest BCUT2D eigenvalue weighted by Crippen LogP contribution is 2.22. The van der Waals surface area contributed by atoms with Crippen LogP contribution in [0.1, 0.15) is 38.7 Å². The summed E-state index contributed by atoms with van der Waals surface area (Å²) in [6, 6.07) is 6.34. The molecule has 3 rings (SSSR count). The lowest BCUT2D eigenvalue weighted by Crippen LogP contribution is -2.35. The van der Waals surface area contributed by atoms with Crippen LogP contribution < -0.4 is 10.2 Å². The lowest BCUT2D eigenvalue weighted by Gasteiger charge is -2.25. The predicted molar refractivity (Wildman–Crippen MR) is 94.9 cm³/mol. The Morgan fingerprint density at radius 3 is 2.73 bits per heavy atom. The maximum Gasteiger partial charge on any atom is 0.128 e. The number of nitrogens with zero attached hydrogens (tertiary/aromatic N) is 3. The number of anilines is 1. The van der Waals surface area contributed by atoms with Crippen molar-refractivity contribution in [2.45, 2.75) is 57.8 Å². The number of pyridine rings is 1. The number of likely N-dealkylation sites (tertiary alicyclic amines) is 1. The van der Waals surface area contributed by atoms with Crippen molar-refractivity contribution in [3.63, 3.8) is 0 Å². The van der Waals surface area contributed by atoms with E-state index in [0.717, 1.165) is 18.4 Å². The van der Waals surface area contributed by atoms with E-state index in [1.807, 2.05) is 6.20 Å². The van der Waals surface area contributed by atoms with Crippen molar-refractivity contribution in [3.8, 4) is 0 Å². The van der Waals surface area contributed by atoms with Crippen LogP contribution in [0, 0.1) is 0 Å². The second-order valence-electron chi connectivity index (χ2n) is 6.89. The molecule has 1 N–H and O–H groups in total. The number of hydrogen-bond acceptors (Lipinski definition) is 4. The normalized spacial score (nSPS) is 24.9. The van der Waals surface area contributed by atoms with Crippen molar-refractivity contribution < 1.29 is 0 Å². The molecule has 5 heteroatoms. The highest BCUT2D eigenvalue weighted by molar-refractivity contribution is 5.85. The molecule has 2 atom stereocenters. The van der Waals surface area contributed by atoms with E-state index in [0.29, 0.717) is 12.1 Å². The average molecular weight is 325 g/mol. The molecule has 0 aliphatic carbocycles. The highest BCUT2D eigenvalue weighted by Gasteiger charge is 2.29. The highest BCUT2D eigenvalue weighted by atomic mass is 35.5. The van der Waals surface area contributed by atoms with Gasteiger partial charge in [0.2, 0.25) is 0 Å². The van der Waals surface area contributed by atoms with Crippen LogP contribution >= 0.6 is 12.4 Å². The fraction of sp³-hybridized carbons (Fsp3) is 0.706. The Balaban J connectivity index is 0.00000176. The van der Waals surface area contributed by atoms with E-state index in [-0.39, 0.29) is 12.4 Å². The molecule has 0 spiro atoms. The van der Waals surface area contributed by atoms with Crippen molar-refractivity contribution in [1.82, 2.24) is 15.2 Å². The van der Waals surface area contributed by atoms with Gasteiger partial charge in [0.25, 0.3) is 0 Å². The summed E-state index contributed by atoms with van der Waals surface area (Å²) in [7, 11) is 2.10. The van der Waals surface area contributed by atoms with Gasteiger partial charge in [0, 0.05) is 51.0 Å². The summed E-state index contributed by atoms with van der Waals surface area (Å²) < 4.78 is 0. The van der Waals surface area contributed by atoms with Gasteiger partial charge in [0.15, 0.2) is 0 Å². The minimum absolute atomic E-state index is 0. The Labute approximate surface area is 140 Å². The zero-order chi connectivity index (χ0) is 14.8. The van der Waals surface area contributed by atoms with E-state index < -0.39 is 0 Å². The molecule has 2 aliphatic rings. The van der Waals surface area contributed by atoms with Crippen molar-refractivity contribution in [2.75, 3.05) is 25.0 Å². The Morgan fingerprint density at radius 2 is 2.05 bits per heavy atom. The number of aromatic nitrogens is 1. The SMILES string of the molecule is CC(C)N(C)c1ccc(CN2CCC3CCC(C2)N3)cn1.Cl. The molecule has 124 valence electrons. The van der Waals surface area contributed by atoms with Gasteiger partial charge in [-0.1, -0.05) is 6.07 Å². The molecule has 0 saturated carbocycles. The van der Waals surface area contributed by atoms with Gasteiger partial charge < -0.3 is 10.2 Å². The van der Waals surface area contributed by atoms with E-state index in [9.17, 15) is 0 Å². The molecule has 0 aromatic carbocycles. The average Bonchev–Trinajstić information content (AvgIpc) is 2.81. The standard InChI is InChI=1S/C17H28N4.ClH/c1-13(2)20(3)17-7-4-14(10-18-17)11-21-9-8-15-5-6-16(12-21)19-15;/h4,7,10,13,15-16,19H,5-6,8-9,11-12H2,1-3H3;1H. The third-order valence-electron chi connectivity index (χ3n) is 4.96. The van der Waals surface area contributed by atoms with Crippen LogP contribution in [-0.4, -0.2) is 48.1 Å². The molecule has 2 unspecified atom stereocenters. The zero-order valence-electron chi connectivity index (χ0n) is 14.0. The number of halogens is 1. The largest absolute Gasteiger partial charge is 0.357 e. The zero-order valence-corrected chi connectivity index (χ0v) is 14.8. The first-order chi connectivity index (χ1) is 10.1. The number of hydrogen-bond donors (Lipinski definition) is 1. The minimum Gasteiger partial charge on any atom is -0.357 e. The van der Waals surface area contributed by atoms with Crippen molar-refractivity contribution in [1.29, 1.82) is 0 Å².